The summed E-state index contributed by atoms with van der Waals surface area (Å²) < 4.78 is 0. The Balaban J connectivity index is 3.27. The van der Waals surface area contributed by atoms with Crippen molar-refractivity contribution in [1.82, 2.24) is 0 Å². The molecule has 0 aromatic heterocycles. The molecule has 0 saturated carbocycles. The van der Waals surface area contributed by atoms with Gasteiger partial charge in [-0.15, -0.1) is 0 Å². The number of aliphatic carboxylic acids is 1. The smallest absolute Gasteiger partial charge is 0.320 e. The highest BCUT2D eigenvalue weighted by Gasteiger charge is 2.08. The molecular formula is C5H11NO2S. The highest BCUT2D eigenvalue weighted by Crippen LogP contribution is 1.97. The third-order valence-corrected chi connectivity index (χ3v) is 1.59. The first-order valence-corrected chi connectivity index (χ1v) is 4.05. The molecule has 0 amide bonds. The van der Waals surface area contributed by atoms with Crippen molar-refractivity contribution in [2.75, 3.05) is 12.0 Å². The van der Waals surface area contributed by atoms with Gasteiger partial charge in [0.2, 0.25) is 0 Å². The van der Waals surface area contributed by atoms with Crippen molar-refractivity contribution in [1.29, 1.82) is 0 Å². The fraction of sp³-hybridized carbons (Fsp3) is 0.800. The third-order valence-electron chi connectivity index (χ3n) is 0.950. The lowest BCUT2D eigenvalue weighted by atomic mass is 10.2. The van der Waals surface area contributed by atoms with E-state index < -0.39 is 12.0 Å². The Morgan fingerprint density at radius 2 is 2.44 bits per heavy atom. The molecule has 0 aliphatic carbocycles. The van der Waals surface area contributed by atoms with Crippen LogP contribution in [-0.2, 0) is 4.79 Å². The van der Waals surface area contributed by atoms with Gasteiger partial charge in [0.15, 0.2) is 0 Å². The fourth-order valence-corrected chi connectivity index (χ4v) is 0.858. The molecule has 0 unspecified atom stereocenters. The van der Waals surface area contributed by atoms with Crippen LogP contribution in [0.3, 0.4) is 0 Å². The summed E-state index contributed by atoms with van der Waals surface area (Å²) in [5.74, 6) is -0.1000. The molecule has 54 valence electrons. The molecular weight excluding hydrogens is 138 g/mol. The molecule has 0 rings (SSSR count). The van der Waals surface area contributed by atoms with Gasteiger partial charge in [0.1, 0.15) is 6.04 Å². The number of hydrogen-bond donors (Lipinski definition) is 2. The summed E-state index contributed by atoms with van der Waals surface area (Å²) in [4.78, 5) is 10.1. The number of carboxylic acids is 1. The second-order valence-electron chi connectivity index (χ2n) is 1.73. The number of rotatable bonds is 4. The van der Waals surface area contributed by atoms with E-state index in [9.17, 15) is 4.79 Å². The highest BCUT2D eigenvalue weighted by molar-refractivity contribution is 7.98. The van der Waals surface area contributed by atoms with E-state index >= 15 is 0 Å². The highest BCUT2D eigenvalue weighted by atomic mass is 32.1. The molecule has 0 radical (unpaired) electrons. The quantitative estimate of drug-likeness (QED) is 0.597. The molecule has 9 heavy (non-hydrogen) atoms. The third kappa shape index (κ3) is 4.29. The van der Waals surface area contributed by atoms with E-state index in [0.29, 0.717) is 6.42 Å². The maximum atomic E-state index is 10.1. The maximum absolute atomic E-state index is 10.1. The molecule has 3 nitrogen and oxygen atoms in total. The lowest BCUT2D eigenvalue weighted by Gasteiger charge is -2.02. The van der Waals surface area contributed by atoms with Gasteiger partial charge in [-0.25, -0.2) is 0 Å². The molecule has 0 aliphatic heterocycles. The summed E-state index contributed by atoms with van der Waals surface area (Å²) in [5, 5.41) is 8.27. The monoisotopic (exact) mass is 149 g/mol. The molecule has 0 aliphatic rings. The van der Waals surface area contributed by atoms with Gasteiger partial charge in [-0.1, -0.05) is 0 Å². The van der Waals surface area contributed by atoms with Gasteiger partial charge < -0.3 is 10.8 Å². The Labute approximate surface area is 58.6 Å². The van der Waals surface area contributed by atoms with Crippen LogP contribution >= 0.6 is 11.8 Å². The van der Waals surface area contributed by atoms with E-state index in [1.807, 2.05) is 6.26 Å². The number of thioether (sulfide) groups is 1. The van der Waals surface area contributed by atoms with Gasteiger partial charge in [-0.05, 0) is 18.4 Å². The molecule has 0 saturated heterocycles. The summed E-state index contributed by atoms with van der Waals surface area (Å²) in [7, 11) is 0. The van der Waals surface area contributed by atoms with Gasteiger partial charge >= 0.3 is 5.97 Å². The van der Waals surface area contributed by atoms with Gasteiger partial charge in [-0.2, -0.15) is 11.8 Å². The first kappa shape index (κ1) is 8.78. The molecule has 0 heterocycles. The van der Waals surface area contributed by atoms with Gasteiger partial charge in [0.25, 0.3) is 0 Å². The van der Waals surface area contributed by atoms with E-state index in [4.69, 9.17) is 10.8 Å². The van der Waals surface area contributed by atoms with E-state index in [2.05, 4.69) is 0 Å². The Bertz CT molecular complexity index is 97.0. The summed E-state index contributed by atoms with van der Waals surface area (Å²) in [6.45, 7) is 0. The maximum Gasteiger partial charge on any atom is 0.320 e. The first-order valence-electron chi connectivity index (χ1n) is 2.65. The van der Waals surface area contributed by atoms with Crippen molar-refractivity contribution in [3.63, 3.8) is 0 Å². The minimum absolute atomic E-state index is 0.552. The summed E-state index contributed by atoms with van der Waals surface area (Å²) in [5.41, 5.74) is 5.19. The van der Waals surface area contributed by atoms with Crippen LogP contribution in [0.2, 0.25) is 0 Å². The summed E-state index contributed by atoms with van der Waals surface area (Å²) >= 11 is 1.60. The minimum Gasteiger partial charge on any atom is -0.480 e. The fourth-order valence-electron chi connectivity index (χ4n) is 0.368. The second kappa shape index (κ2) is 4.64. The van der Waals surface area contributed by atoms with Crippen molar-refractivity contribution in [2.45, 2.75) is 12.5 Å². The number of carbonyl (C=O) groups is 1. The number of nitrogens with two attached hydrogens (primary N) is 1. The average molecular weight is 149 g/mol. The van der Waals surface area contributed by atoms with Crippen LogP contribution in [0.15, 0.2) is 0 Å². The first-order chi connectivity index (χ1) is 4.18. The zero-order chi connectivity index (χ0) is 7.28. The van der Waals surface area contributed by atoms with Crippen LogP contribution in [0, 0.1) is 0 Å². The van der Waals surface area contributed by atoms with Crippen LogP contribution in [0.4, 0.5) is 0 Å². The van der Waals surface area contributed by atoms with Crippen molar-refractivity contribution in [3.8, 4) is 0 Å². The van der Waals surface area contributed by atoms with Gasteiger partial charge in [0.05, 0.1) is 0 Å². The van der Waals surface area contributed by atoms with E-state index in [1.165, 1.54) is 0 Å². The van der Waals surface area contributed by atoms with E-state index in [-0.39, 0.29) is 0 Å². The van der Waals surface area contributed by atoms with Crippen LogP contribution in [-0.4, -0.2) is 29.1 Å². The Morgan fingerprint density at radius 3 is 2.78 bits per heavy atom. The Kier molecular flexibility index (Phi) is 4.53. The molecule has 0 spiro atoms. The lowest BCUT2D eigenvalue weighted by Crippen LogP contribution is -2.30. The molecule has 0 bridgehead atoms. The minimum atomic E-state index is -0.913. The van der Waals surface area contributed by atoms with Crippen LogP contribution in [0.5, 0.6) is 0 Å². The van der Waals surface area contributed by atoms with Crippen molar-refractivity contribution in [2.24, 2.45) is 5.73 Å². The van der Waals surface area contributed by atoms with E-state index in [1.54, 1.807) is 11.8 Å². The SMILES string of the molecule is C[32S]CC[C@H](N)C(=O)O. The molecule has 4 heteroatoms. The van der Waals surface area contributed by atoms with Crippen molar-refractivity contribution in [3.05, 3.63) is 0 Å². The largest absolute Gasteiger partial charge is 0.480 e. The van der Waals surface area contributed by atoms with E-state index in [0.717, 1.165) is 5.75 Å². The average Bonchev–Trinajstić information content (AvgIpc) is 1.82. The predicted octanol–water partition coefficient (Wildman–Crippen LogP) is 0.151. The molecule has 3 N–H and O–H groups in total. The van der Waals surface area contributed by atoms with Gasteiger partial charge in [-0.3, -0.25) is 4.79 Å². The molecule has 0 aromatic rings. The Morgan fingerprint density at radius 1 is 1.89 bits per heavy atom. The number of carboxylic acid groups (broad SMARTS) is 1. The lowest BCUT2D eigenvalue weighted by molar-refractivity contribution is -0.138. The van der Waals surface area contributed by atoms with Crippen LogP contribution in [0.25, 0.3) is 0 Å². The topological polar surface area (TPSA) is 63.3 Å². The number of hydrogen-bond acceptors (Lipinski definition) is 3. The normalized spacial score (nSPS) is 13.1. The zero-order valence-electron chi connectivity index (χ0n) is 5.33. The molecule has 0 fully saturated rings. The summed E-state index contributed by atoms with van der Waals surface area (Å²) in [6, 6.07) is -0.683. The Hall–Kier alpha value is -0.220. The molecule has 1 atom stereocenters. The second-order valence-corrected chi connectivity index (χ2v) is 2.71. The van der Waals surface area contributed by atoms with Crippen molar-refractivity contribution < 1.29 is 9.90 Å². The van der Waals surface area contributed by atoms with Crippen molar-refractivity contribution >= 4 is 17.7 Å². The van der Waals surface area contributed by atoms with Gasteiger partial charge in [0, 0.05) is 0 Å². The van der Waals surface area contributed by atoms with Crippen LogP contribution in [0.1, 0.15) is 6.42 Å². The summed E-state index contributed by atoms with van der Waals surface area (Å²) in [6.07, 6.45) is 2.48. The van der Waals surface area contributed by atoms with Crippen LogP contribution < -0.4 is 5.73 Å². The zero-order valence-corrected chi connectivity index (χ0v) is 6.15. The standard InChI is InChI=1S/C5H11NO2S/c1-9-3-2-4(6)5(7)8/h4H,2-3,6H2,1H3,(H,7,8)/t4-/m0/s1/i9+0. The predicted molar refractivity (Wildman–Crippen MR) is 38.6 cm³/mol. The molecule has 0 aromatic carbocycles.